The zero-order chi connectivity index (χ0) is 37.2. The maximum Gasteiger partial charge on any atom is 0.254 e. The van der Waals surface area contributed by atoms with Crippen molar-refractivity contribution in [2.75, 3.05) is 0 Å². The maximum atomic E-state index is 12.3. The number of aromatic amines is 1. The Bertz CT molecular complexity index is 2280. The maximum absolute atomic E-state index is 12.3. The molecule has 2 heterocycles. The summed E-state index contributed by atoms with van der Waals surface area (Å²) < 4.78 is 1.41. The number of nitrogens with one attached hydrogen (secondary N) is 3. The zero-order valence-electron chi connectivity index (χ0n) is 27.1. The Morgan fingerprint density at radius 2 is 1.02 bits per heavy atom. The molecule has 0 aliphatic heterocycles. The number of hydrogen-bond donors (Lipinski definition) is 3. The number of carbonyl (C=O) groups is 2. The third-order valence-electron chi connectivity index (χ3n) is 7.76. The summed E-state index contributed by atoms with van der Waals surface area (Å²) in [5.41, 5.74) is 5.52. The second-order valence-corrected chi connectivity index (χ2v) is 13.1. The lowest BCUT2D eigenvalue weighted by Crippen LogP contribution is -2.23. The molecule has 0 bridgehead atoms. The van der Waals surface area contributed by atoms with E-state index in [1.165, 1.54) is 10.6 Å². The third kappa shape index (κ3) is 9.94. The minimum absolute atomic E-state index is 0.118. The van der Waals surface area contributed by atoms with Crippen molar-refractivity contribution >= 4 is 69.8 Å². The van der Waals surface area contributed by atoms with Crippen LogP contribution in [0.1, 0.15) is 31.8 Å². The number of H-pyrrole nitrogens is 1. The van der Waals surface area contributed by atoms with Gasteiger partial charge < -0.3 is 20.2 Å². The van der Waals surface area contributed by atoms with E-state index in [0.29, 0.717) is 33.2 Å². The lowest BCUT2D eigenvalue weighted by molar-refractivity contribution is 0.0943. The molecular formula is C39H29Cl5N4O4. The van der Waals surface area contributed by atoms with Crippen LogP contribution in [0.5, 0.6) is 0 Å². The van der Waals surface area contributed by atoms with Gasteiger partial charge in [0.1, 0.15) is 6.00 Å². The molecule has 6 aromatic rings. The fraction of sp³-hybridized carbons (Fsp3) is 0.0769. The number of amides is 2. The Balaban J connectivity index is 0.000000202. The van der Waals surface area contributed by atoms with Gasteiger partial charge in [0, 0.05) is 37.6 Å². The van der Waals surface area contributed by atoms with Crippen LogP contribution < -0.4 is 21.8 Å². The summed E-state index contributed by atoms with van der Waals surface area (Å²) in [6.45, 7) is 0.671. The summed E-state index contributed by atoms with van der Waals surface area (Å²) in [5.74, 6) is -0.659. The van der Waals surface area contributed by atoms with Gasteiger partial charge in [-0.3, -0.25) is 19.2 Å². The Labute approximate surface area is 323 Å². The second kappa shape index (κ2) is 18.1. The first-order chi connectivity index (χ1) is 25.0. The molecule has 4 aromatic carbocycles. The lowest BCUT2D eigenvalue weighted by Gasteiger charge is -2.09. The summed E-state index contributed by atoms with van der Waals surface area (Å²) in [6, 6.07) is 31.9. The predicted molar refractivity (Wildman–Crippen MR) is 210 cm³/mol. The average molecular weight is 795 g/mol. The van der Waals surface area contributed by atoms with Crippen LogP contribution in [-0.4, -0.2) is 21.4 Å². The van der Waals surface area contributed by atoms with Crippen LogP contribution >= 0.6 is 58.0 Å². The molecule has 52 heavy (non-hydrogen) atoms. The molecule has 0 atom stereocenters. The molecule has 6 rings (SSSR count). The largest absolute Gasteiger partial charge is 0.348 e. The molecule has 0 spiro atoms. The Morgan fingerprint density at radius 1 is 0.577 bits per heavy atom. The first-order valence-corrected chi connectivity index (χ1v) is 17.7. The van der Waals surface area contributed by atoms with Gasteiger partial charge in [0.25, 0.3) is 17.4 Å². The van der Waals surface area contributed by atoms with Crippen molar-refractivity contribution in [3.05, 3.63) is 185 Å². The predicted octanol–water partition coefficient (Wildman–Crippen LogP) is 9.23. The number of nitrogens with zero attached hydrogens (tertiary/aromatic N) is 1. The third-order valence-corrected chi connectivity index (χ3v) is 9.28. The average Bonchev–Trinajstić information content (AvgIpc) is 3.13. The summed E-state index contributed by atoms with van der Waals surface area (Å²) in [4.78, 5) is 50.4. The fourth-order valence-electron chi connectivity index (χ4n) is 5.01. The smallest absolute Gasteiger partial charge is 0.254 e. The molecule has 0 saturated heterocycles. The van der Waals surface area contributed by atoms with Crippen LogP contribution in [0.4, 0.5) is 0 Å². The van der Waals surface area contributed by atoms with Crippen LogP contribution in [-0.2, 0) is 19.1 Å². The molecule has 2 amide bonds. The van der Waals surface area contributed by atoms with E-state index in [2.05, 4.69) is 15.6 Å². The SMILES string of the molecule is O=C(NCc1ccc(-c2cc[nH]c(=O)c2)cc1)c1c(Cl)cccc1Cl.O=C(NCc1ccc(-c2ccn(CCl)c(=O)c2)cc1)c1c(Cl)cccc1Cl. The Hall–Kier alpha value is -4.83. The minimum Gasteiger partial charge on any atom is -0.348 e. The number of rotatable bonds is 9. The Morgan fingerprint density at radius 3 is 1.42 bits per heavy atom. The van der Waals surface area contributed by atoms with Crippen molar-refractivity contribution < 1.29 is 9.59 Å². The number of hydrogen-bond acceptors (Lipinski definition) is 4. The second-order valence-electron chi connectivity index (χ2n) is 11.2. The molecule has 0 saturated carbocycles. The number of benzene rings is 4. The topological polar surface area (TPSA) is 113 Å². The highest BCUT2D eigenvalue weighted by molar-refractivity contribution is 6.40. The van der Waals surface area contributed by atoms with E-state index in [0.717, 1.165) is 33.4 Å². The van der Waals surface area contributed by atoms with Crippen LogP contribution in [0.3, 0.4) is 0 Å². The molecule has 13 heteroatoms. The monoisotopic (exact) mass is 792 g/mol. The van der Waals surface area contributed by atoms with E-state index in [4.69, 9.17) is 58.0 Å². The highest BCUT2D eigenvalue weighted by Gasteiger charge is 2.15. The van der Waals surface area contributed by atoms with E-state index < -0.39 is 0 Å². The van der Waals surface area contributed by atoms with Crippen molar-refractivity contribution in [1.82, 2.24) is 20.2 Å². The van der Waals surface area contributed by atoms with Crippen molar-refractivity contribution in [2.24, 2.45) is 0 Å². The number of carbonyl (C=O) groups excluding carboxylic acids is 2. The number of pyridine rings is 2. The van der Waals surface area contributed by atoms with Gasteiger partial charge in [-0.25, -0.2) is 0 Å². The highest BCUT2D eigenvalue weighted by atomic mass is 35.5. The Kier molecular flexibility index (Phi) is 13.4. The summed E-state index contributed by atoms with van der Waals surface area (Å²) in [6.07, 6.45) is 3.27. The van der Waals surface area contributed by atoms with E-state index >= 15 is 0 Å². The quantitative estimate of drug-likeness (QED) is 0.127. The van der Waals surface area contributed by atoms with Gasteiger partial charge in [0.05, 0.1) is 31.2 Å². The first-order valence-electron chi connectivity index (χ1n) is 15.6. The van der Waals surface area contributed by atoms with Crippen molar-refractivity contribution in [3.8, 4) is 22.3 Å². The fourth-order valence-corrected chi connectivity index (χ4v) is 6.35. The zero-order valence-corrected chi connectivity index (χ0v) is 30.9. The van der Waals surface area contributed by atoms with E-state index in [-0.39, 0.29) is 40.1 Å². The standard InChI is InChI=1S/C20H15Cl3N2O2.C19H14Cl2N2O2/c21-12-25-9-8-15(10-18(25)26)14-6-4-13(5-7-14)11-24-20(27)19-16(22)2-1-3-17(19)23;20-15-2-1-3-16(21)18(15)19(25)23-11-12-4-6-13(7-5-12)14-8-9-22-17(24)10-14/h1-10H,11-12H2,(H,24,27);1-10H,11H2,(H,22,24)(H,23,25). The van der Waals surface area contributed by atoms with Crippen LogP contribution in [0.25, 0.3) is 22.3 Å². The molecule has 0 aliphatic carbocycles. The molecule has 264 valence electrons. The number of halogens is 5. The molecule has 0 aliphatic rings. The summed E-state index contributed by atoms with van der Waals surface area (Å²) in [7, 11) is 0. The molecule has 8 nitrogen and oxygen atoms in total. The molecule has 0 radical (unpaired) electrons. The molecular weight excluding hydrogens is 766 g/mol. The van der Waals surface area contributed by atoms with Gasteiger partial charge in [0.15, 0.2) is 0 Å². The van der Waals surface area contributed by atoms with Crippen molar-refractivity contribution in [1.29, 1.82) is 0 Å². The van der Waals surface area contributed by atoms with E-state index in [9.17, 15) is 19.2 Å². The minimum atomic E-state index is -0.334. The normalized spacial score (nSPS) is 10.6. The van der Waals surface area contributed by atoms with Gasteiger partial charge in [-0.1, -0.05) is 107 Å². The summed E-state index contributed by atoms with van der Waals surface area (Å²) in [5, 5.41) is 6.85. The summed E-state index contributed by atoms with van der Waals surface area (Å²) >= 11 is 29.9. The van der Waals surface area contributed by atoms with E-state index in [1.807, 2.05) is 60.7 Å². The van der Waals surface area contributed by atoms with Gasteiger partial charge >= 0.3 is 0 Å². The molecule has 0 fully saturated rings. The van der Waals surface area contributed by atoms with E-state index in [1.54, 1.807) is 54.9 Å². The highest BCUT2D eigenvalue weighted by Crippen LogP contribution is 2.26. The molecule has 2 aromatic heterocycles. The molecule has 0 unspecified atom stereocenters. The van der Waals surface area contributed by atoms with Crippen LogP contribution in [0.2, 0.25) is 20.1 Å². The first kappa shape index (κ1) is 38.4. The molecule has 3 N–H and O–H groups in total. The van der Waals surface area contributed by atoms with Gasteiger partial charge in [0.2, 0.25) is 5.56 Å². The van der Waals surface area contributed by atoms with Crippen LogP contribution in [0.15, 0.2) is 131 Å². The lowest BCUT2D eigenvalue weighted by atomic mass is 10.0. The van der Waals surface area contributed by atoms with Crippen LogP contribution in [0, 0.1) is 0 Å². The van der Waals surface area contributed by atoms with Crippen molar-refractivity contribution in [2.45, 2.75) is 19.1 Å². The van der Waals surface area contributed by atoms with Crippen molar-refractivity contribution in [3.63, 3.8) is 0 Å². The van der Waals surface area contributed by atoms with Gasteiger partial charge in [-0.2, -0.15) is 0 Å². The number of aromatic nitrogens is 2. The van der Waals surface area contributed by atoms with Gasteiger partial charge in [-0.15, -0.1) is 11.6 Å². The van der Waals surface area contributed by atoms with Gasteiger partial charge in [-0.05, 0) is 69.8 Å². The number of alkyl halides is 1.